The van der Waals surface area contributed by atoms with Gasteiger partial charge in [-0.1, -0.05) is 13.0 Å². The van der Waals surface area contributed by atoms with Crippen molar-refractivity contribution in [2.75, 3.05) is 12.4 Å². The van der Waals surface area contributed by atoms with Crippen LogP contribution in [0.25, 0.3) is 11.1 Å². The number of thioether (sulfide) groups is 1. The van der Waals surface area contributed by atoms with Crippen LogP contribution in [0.4, 0.5) is 22.0 Å². The summed E-state index contributed by atoms with van der Waals surface area (Å²) in [5.41, 5.74) is 0.874. The molecule has 0 amide bonds. The van der Waals surface area contributed by atoms with E-state index in [0.717, 1.165) is 28.0 Å². The minimum Gasteiger partial charge on any atom is -0.478 e. The molecule has 10 heteroatoms. The second-order valence-electron chi connectivity index (χ2n) is 7.06. The average Bonchev–Trinajstić information content (AvgIpc) is 2.75. The van der Waals surface area contributed by atoms with Crippen molar-refractivity contribution in [1.82, 2.24) is 4.57 Å². The van der Waals surface area contributed by atoms with Crippen LogP contribution in [0, 0.1) is 11.6 Å². The monoisotopic (exact) mass is 485 g/mol. The maximum absolute atomic E-state index is 14.2. The summed E-state index contributed by atoms with van der Waals surface area (Å²) in [5, 5.41) is 0. The molecule has 0 aliphatic heterocycles. The van der Waals surface area contributed by atoms with Gasteiger partial charge in [0.05, 0.1) is 0 Å². The summed E-state index contributed by atoms with van der Waals surface area (Å²) < 4.78 is 76.8. The van der Waals surface area contributed by atoms with Crippen molar-refractivity contribution in [3.63, 3.8) is 0 Å². The van der Waals surface area contributed by atoms with Crippen LogP contribution in [0.3, 0.4) is 0 Å². The molecule has 0 saturated carbocycles. The summed E-state index contributed by atoms with van der Waals surface area (Å²) in [6.07, 6.45) is -3.20. The Hall–Kier alpha value is -3.01. The normalized spacial score (nSPS) is 11.5. The molecular weight excluding hydrogens is 465 g/mol. The molecule has 0 saturated heterocycles. The minimum absolute atomic E-state index is 0.172. The van der Waals surface area contributed by atoms with Crippen molar-refractivity contribution in [3.8, 4) is 28.4 Å². The van der Waals surface area contributed by atoms with Gasteiger partial charge in [-0.25, -0.2) is 8.78 Å². The van der Waals surface area contributed by atoms with Crippen molar-refractivity contribution in [2.45, 2.75) is 18.9 Å². The molecule has 0 aliphatic carbocycles. The summed E-state index contributed by atoms with van der Waals surface area (Å²) >= 11 is 1.65. The highest BCUT2D eigenvalue weighted by Crippen LogP contribution is 2.36. The highest BCUT2D eigenvalue weighted by Gasteiger charge is 2.29. The maximum atomic E-state index is 14.2. The SMILES string of the molecule is CCSCc1ccc(Oc2ccc(F)cc2F)c(-c2cc(OCC(F)(F)F)c(=O)n(C)c2)c1. The van der Waals surface area contributed by atoms with E-state index >= 15 is 0 Å². The zero-order valence-corrected chi connectivity index (χ0v) is 18.5. The molecule has 3 rings (SSSR count). The van der Waals surface area contributed by atoms with Crippen molar-refractivity contribution in [2.24, 2.45) is 7.05 Å². The number of halogens is 5. The lowest BCUT2D eigenvalue weighted by Crippen LogP contribution is -2.25. The molecular formula is C23H20F5NO3S. The molecule has 3 aromatic rings. The number of aryl methyl sites for hydroxylation is 1. The Bertz CT molecular complexity index is 1190. The van der Waals surface area contributed by atoms with Gasteiger partial charge in [0, 0.05) is 36.2 Å². The van der Waals surface area contributed by atoms with Gasteiger partial charge in [-0.3, -0.25) is 4.79 Å². The number of pyridine rings is 1. The Kier molecular flexibility index (Phi) is 7.68. The standard InChI is InChI=1S/C23H20F5NO3S/c1-3-33-12-14-4-6-19(32-20-7-5-16(24)10-18(20)25)17(8-14)15-9-21(22(30)29(2)11-15)31-13-23(26,27)28/h4-11H,3,12-13H2,1-2H3. The molecule has 1 aromatic heterocycles. The quantitative estimate of drug-likeness (QED) is 0.350. The topological polar surface area (TPSA) is 40.5 Å². The van der Waals surface area contributed by atoms with Gasteiger partial charge >= 0.3 is 6.18 Å². The van der Waals surface area contributed by atoms with Gasteiger partial charge in [-0.15, -0.1) is 0 Å². The Labute approximate surface area is 191 Å². The van der Waals surface area contributed by atoms with Crippen molar-refractivity contribution in [1.29, 1.82) is 0 Å². The molecule has 1 heterocycles. The number of benzene rings is 2. The van der Waals surface area contributed by atoms with E-state index < -0.39 is 35.7 Å². The third-order valence-corrected chi connectivity index (χ3v) is 5.43. The van der Waals surface area contributed by atoms with Gasteiger partial charge in [0.25, 0.3) is 5.56 Å². The van der Waals surface area contributed by atoms with Crippen LogP contribution < -0.4 is 15.0 Å². The smallest absolute Gasteiger partial charge is 0.422 e. The number of aromatic nitrogens is 1. The fourth-order valence-corrected chi connectivity index (χ4v) is 3.59. The van der Waals surface area contributed by atoms with Crippen molar-refractivity contribution in [3.05, 3.63) is 76.2 Å². The van der Waals surface area contributed by atoms with Crippen LogP contribution in [0.15, 0.2) is 53.5 Å². The van der Waals surface area contributed by atoms with Crippen LogP contribution in [0.5, 0.6) is 17.2 Å². The molecule has 33 heavy (non-hydrogen) atoms. The van der Waals surface area contributed by atoms with E-state index in [1.165, 1.54) is 19.3 Å². The largest absolute Gasteiger partial charge is 0.478 e. The third kappa shape index (κ3) is 6.50. The first-order valence-corrected chi connectivity index (χ1v) is 11.0. The van der Waals surface area contributed by atoms with Gasteiger partial charge < -0.3 is 14.0 Å². The number of hydrogen-bond donors (Lipinski definition) is 0. The van der Waals surface area contributed by atoms with Crippen LogP contribution in [0.1, 0.15) is 12.5 Å². The minimum atomic E-state index is -4.62. The van der Waals surface area contributed by atoms with Crippen LogP contribution in [-0.2, 0) is 12.8 Å². The maximum Gasteiger partial charge on any atom is 0.422 e. The highest BCUT2D eigenvalue weighted by molar-refractivity contribution is 7.98. The van der Waals surface area contributed by atoms with Crippen molar-refractivity contribution < 1.29 is 31.4 Å². The van der Waals surface area contributed by atoms with E-state index in [1.54, 1.807) is 30.0 Å². The van der Waals surface area contributed by atoms with Gasteiger partial charge in [0.2, 0.25) is 0 Å². The third-order valence-electron chi connectivity index (χ3n) is 4.48. The Morgan fingerprint density at radius 3 is 2.39 bits per heavy atom. The van der Waals surface area contributed by atoms with E-state index in [1.807, 2.05) is 6.92 Å². The molecule has 176 valence electrons. The predicted molar refractivity (Wildman–Crippen MR) is 117 cm³/mol. The Balaban J connectivity index is 2.08. The molecule has 0 unspecified atom stereocenters. The van der Waals surface area contributed by atoms with E-state index in [2.05, 4.69) is 0 Å². The lowest BCUT2D eigenvalue weighted by Gasteiger charge is -2.16. The zero-order chi connectivity index (χ0) is 24.2. The van der Waals surface area contributed by atoms with E-state index in [4.69, 9.17) is 9.47 Å². The summed E-state index contributed by atoms with van der Waals surface area (Å²) in [6.45, 7) is 0.376. The van der Waals surface area contributed by atoms with E-state index in [9.17, 15) is 26.7 Å². The number of hydrogen-bond acceptors (Lipinski definition) is 4. The van der Waals surface area contributed by atoms with Gasteiger partial charge in [0.15, 0.2) is 23.9 Å². The van der Waals surface area contributed by atoms with Gasteiger partial charge in [0.1, 0.15) is 11.6 Å². The lowest BCUT2D eigenvalue weighted by atomic mass is 10.0. The first kappa shape index (κ1) is 24.6. The fraction of sp³-hybridized carbons (Fsp3) is 0.261. The molecule has 4 nitrogen and oxygen atoms in total. The number of nitrogens with zero attached hydrogens (tertiary/aromatic N) is 1. The van der Waals surface area contributed by atoms with Gasteiger partial charge in [-0.05, 0) is 41.6 Å². The summed E-state index contributed by atoms with van der Waals surface area (Å²) in [7, 11) is 1.38. The Morgan fingerprint density at radius 1 is 1.00 bits per heavy atom. The number of ether oxygens (including phenoxy) is 2. The molecule has 0 atom stereocenters. The van der Waals surface area contributed by atoms with E-state index in [-0.39, 0.29) is 11.5 Å². The fourth-order valence-electron chi connectivity index (χ4n) is 2.97. The molecule has 0 bridgehead atoms. The molecule has 0 radical (unpaired) electrons. The zero-order valence-electron chi connectivity index (χ0n) is 17.7. The highest BCUT2D eigenvalue weighted by atomic mass is 32.2. The van der Waals surface area contributed by atoms with Crippen LogP contribution in [-0.4, -0.2) is 23.1 Å². The van der Waals surface area contributed by atoms with Crippen LogP contribution in [0.2, 0.25) is 0 Å². The second-order valence-corrected chi connectivity index (χ2v) is 8.33. The average molecular weight is 485 g/mol. The first-order chi connectivity index (χ1) is 15.6. The van der Waals surface area contributed by atoms with Gasteiger partial charge in [-0.2, -0.15) is 24.9 Å². The summed E-state index contributed by atoms with van der Waals surface area (Å²) in [6, 6.07) is 9.14. The number of rotatable bonds is 8. The first-order valence-electron chi connectivity index (χ1n) is 9.81. The molecule has 0 fully saturated rings. The summed E-state index contributed by atoms with van der Waals surface area (Å²) in [5.74, 6) is -0.711. The predicted octanol–water partition coefficient (Wildman–Crippen LogP) is 6.32. The molecule has 0 spiro atoms. The van der Waals surface area contributed by atoms with Crippen LogP contribution >= 0.6 is 11.8 Å². The summed E-state index contributed by atoms with van der Waals surface area (Å²) in [4.78, 5) is 12.3. The lowest BCUT2D eigenvalue weighted by molar-refractivity contribution is -0.153. The second kappa shape index (κ2) is 10.3. The molecule has 2 aromatic carbocycles. The molecule has 0 aliphatic rings. The molecule has 0 N–H and O–H groups in total. The number of alkyl halides is 3. The van der Waals surface area contributed by atoms with E-state index in [0.29, 0.717) is 22.9 Å². The Morgan fingerprint density at radius 2 is 1.73 bits per heavy atom. The van der Waals surface area contributed by atoms with Crippen molar-refractivity contribution >= 4 is 11.8 Å².